The maximum atomic E-state index is 6.15. The third kappa shape index (κ3) is 3.94. The van der Waals surface area contributed by atoms with Crippen molar-refractivity contribution < 1.29 is 4.74 Å². The lowest BCUT2D eigenvalue weighted by atomic mass is 9.85. The number of nitrogens with one attached hydrogen (secondary N) is 2. The van der Waals surface area contributed by atoms with E-state index in [0.29, 0.717) is 0 Å². The standard InChI is InChI=1S/C22H28N6O/c1-3-21-25-26-27-28(21)19-14-20(23-15-17-10-6-4-7-11-17)22(29-2,24-16-19)18-12-8-5-9-13-18/h4-13,19-20,23-24H,3,14-16H2,1-2H3/t19?,20-,22+/m1/s1. The Labute approximate surface area is 171 Å². The van der Waals surface area contributed by atoms with E-state index in [4.69, 9.17) is 4.74 Å². The minimum Gasteiger partial charge on any atom is -0.358 e. The number of hydrogen-bond donors (Lipinski definition) is 2. The summed E-state index contributed by atoms with van der Waals surface area (Å²) in [6, 6.07) is 21.0. The van der Waals surface area contributed by atoms with E-state index in [1.54, 1.807) is 7.11 Å². The molecule has 152 valence electrons. The van der Waals surface area contributed by atoms with Gasteiger partial charge in [0.05, 0.1) is 12.1 Å². The molecule has 2 aromatic carbocycles. The number of piperidine rings is 1. The van der Waals surface area contributed by atoms with E-state index >= 15 is 0 Å². The third-order valence-electron chi connectivity index (χ3n) is 5.74. The monoisotopic (exact) mass is 392 g/mol. The van der Waals surface area contributed by atoms with E-state index in [0.717, 1.165) is 37.3 Å². The average Bonchev–Trinajstić information content (AvgIpc) is 3.28. The van der Waals surface area contributed by atoms with Crippen molar-refractivity contribution in [1.29, 1.82) is 0 Å². The van der Waals surface area contributed by atoms with Crippen LogP contribution in [0.1, 0.15) is 36.3 Å². The Kier molecular flexibility index (Phi) is 5.99. The summed E-state index contributed by atoms with van der Waals surface area (Å²) in [6.07, 6.45) is 1.65. The highest BCUT2D eigenvalue weighted by Crippen LogP contribution is 2.35. The number of rotatable bonds is 7. The first-order valence-corrected chi connectivity index (χ1v) is 10.2. The van der Waals surface area contributed by atoms with Gasteiger partial charge in [-0.2, -0.15) is 0 Å². The summed E-state index contributed by atoms with van der Waals surface area (Å²) in [5.41, 5.74) is 1.73. The Morgan fingerprint density at radius 1 is 1.14 bits per heavy atom. The van der Waals surface area contributed by atoms with Crippen molar-refractivity contribution in [2.24, 2.45) is 0 Å². The fourth-order valence-corrected chi connectivity index (χ4v) is 4.21. The van der Waals surface area contributed by atoms with Gasteiger partial charge < -0.3 is 10.1 Å². The predicted molar refractivity (Wildman–Crippen MR) is 111 cm³/mol. The number of aromatic nitrogens is 4. The summed E-state index contributed by atoms with van der Waals surface area (Å²) < 4.78 is 8.11. The van der Waals surface area contributed by atoms with Crippen LogP contribution in [0.3, 0.4) is 0 Å². The van der Waals surface area contributed by atoms with Gasteiger partial charge >= 0.3 is 0 Å². The van der Waals surface area contributed by atoms with Crippen LogP contribution in [-0.2, 0) is 23.4 Å². The van der Waals surface area contributed by atoms with Crippen LogP contribution in [0, 0.1) is 0 Å². The van der Waals surface area contributed by atoms with E-state index < -0.39 is 5.72 Å². The smallest absolute Gasteiger partial charge is 0.160 e. The maximum Gasteiger partial charge on any atom is 0.160 e. The average molecular weight is 393 g/mol. The van der Waals surface area contributed by atoms with Crippen LogP contribution in [-0.4, -0.2) is 39.9 Å². The van der Waals surface area contributed by atoms with Crippen LogP contribution in [0.2, 0.25) is 0 Å². The van der Waals surface area contributed by atoms with E-state index in [2.05, 4.69) is 81.6 Å². The Morgan fingerprint density at radius 3 is 2.55 bits per heavy atom. The molecule has 7 nitrogen and oxygen atoms in total. The minimum absolute atomic E-state index is 0.0303. The molecule has 3 atom stereocenters. The SMILES string of the molecule is CCc1nnnn1C1CN[C@](OC)(c2ccccc2)[C@H](NCc2ccccc2)C1. The second-order valence-electron chi connectivity index (χ2n) is 7.39. The van der Waals surface area contributed by atoms with Crippen molar-refractivity contribution in [3.8, 4) is 0 Å². The van der Waals surface area contributed by atoms with Gasteiger partial charge in [0.1, 0.15) is 0 Å². The van der Waals surface area contributed by atoms with Gasteiger partial charge in [0, 0.05) is 32.2 Å². The molecule has 0 aliphatic carbocycles. The molecule has 4 rings (SSSR count). The summed E-state index contributed by atoms with van der Waals surface area (Å²) >= 11 is 0. The van der Waals surface area contributed by atoms with Crippen LogP contribution in [0.15, 0.2) is 60.7 Å². The lowest BCUT2D eigenvalue weighted by Crippen LogP contribution is -2.63. The number of aryl methyl sites for hydroxylation is 1. The number of tetrazole rings is 1. The second-order valence-corrected chi connectivity index (χ2v) is 7.39. The lowest BCUT2D eigenvalue weighted by Gasteiger charge is -2.47. The van der Waals surface area contributed by atoms with E-state index in [-0.39, 0.29) is 12.1 Å². The molecule has 0 saturated carbocycles. The zero-order chi connectivity index (χ0) is 20.1. The van der Waals surface area contributed by atoms with Gasteiger partial charge in [0.2, 0.25) is 0 Å². The third-order valence-corrected chi connectivity index (χ3v) is 5.74. The van der Waals surface area contributed by atoms with Crippen LogP contribution < -0.4 is 10.6 Å². The Hall–Kier alpha value is -2.61. The molecule has 1 fully saturated rings. The van der Waals surface area contributed by atoms with E-state index in [9.17, 15) is 0 Å². The maximum absolute atomic E-state index is 6.15. The molecule has 0 bridgehead atoms. The van der Waals surface area contributed by atoms with Crippen LogP contribution in [0.5, 0.6) is 0 Å². The van der Waals surface area contributed by atoms with Gasteiger partial charge in [-0.15, -0.1) is 5.10 Å². The molecule has 1 aliphatic heterocycles. The van der Waals surface area contributed by atoms with Gasteiger partial charge in [-0.3, -0.25) is 5.32 Å². The molecule has 3 aromatic rings. The highest BCUT2D eigenvalue weighted by Gasteiger charge is 2.46. The Balaban J connectivity index is 1.63. The number of nitrogens with zero attached hydrogens (tertiary/aromatic N) is 4. The molecule has 29 heavy (non-hydrogen) atoms. The van der Waals surface area contributed by atoms with Crippen LogP contribution >= 0.6 is 0 Å². The van der Waals surface area contributed by atoms with Gasteiger partial charge in [0.25, 0.3) is 0 Å². The summed E-state index contributed by atoms with van der Waals surface area (Å²) in [5.74, 6) is 0.906. The molecule has 0 radical (unpaired) electrons. The van der Waals surface area contributed by atoms with Gasteiger partial charge in [-0.1, -0.05) is 67.6 Å². The molecule has 7 heteroatoms. The predicted octanol–water partition coefficient (Wildman–Crippen LogP) is 2.43. The number of ether oxygens (including phenoxy) is 1. The zero-order valence-electron chi connectivity index (χ0n) is 17.0. The largest absolute Gasteiger partial charge is 0.358 e. The number of benzene rings is 2. The molecular formula is C22H28N6O. The quantitative estimate of drug-likeness (QED) is 0.643. The topological polar surface area (TPSA) is 76.9 Å². The molecule has 0 amide bonds. The molecule has 1 aliphatic rings. The van der Waals surface area contributed by atoms with Crippen molar-refractivity contribution >= 4 is 0 Å². The number of methoxy groups -OCH3 is 1. The van der Waals surface area contributed by atoms with Crippen molar-refractivity contribution in [1.82, 2.24) is 30.8 Å². The Bertz CT molecular complexity index is 900. The fraction of sp³-hybridized carbons (Fsp3) is 0.409. The molecule has 2 N–H and O–H groups in total. The van der Waals surface area contributed by atoms with Crippen molar-refractivity contribution in [2.45, 2.75) is 44.1 Å². The first-order valence-electron chi connectivity index (χ1n) is 10.2. The summed E-state index contributed by atoms with van der Waals surface area (Å²) in [4.78, 5) is 0. The van der Waals surface area contributed by atoms with Crippen LogP contribution in [0.25, 0.3) is 0 Å². The van der Waals surface area contributed by atoms with E-state index in [1.165, 1.54) is 5.56 Å². The summed E-state index contributed by atoms with van der Waals surface area (Å²) in [6.45, 7) is 3.56. The highest BCUT2D eigenvalue weighted by atomic mass is 16.5. The highest BCUT2D eigenvalue weighted by molar-refractivity contribution is 5.26. The van der Waals surface area contributed by atoms with Crippen molar-refractivity contribution in [2.75, 3.05) is 13.7 Å². The zero-order valence-corrected chi connectivity index (χ0v) is 17.0. The van der Waals surface area contributed by atoms with Crippen LogP contribution in [0.4, 0.5) is 0 Å². The van der Waals surface area contributed by atoms with Gasteiger partial charge in [0.15, 0.2) is 11.5 Å². The van der Waals surface area contributed by atoms with Gasteiger partial charge in [-0.05, 0) is 22.4 Å². The number of hydrogen-bond acceptors (Lipinski definition) is 6. The normalized spacial score (nSPS) is 24.5. The molecule has 1 aromatic heterocycles. The molecule has 2 heterocycles. The summed E-state index contributed by atoms with van der Waals surface area (Å²) in [7, 11) is 1.77. The molecule has 0 spiro atoms. The minimum atomic E-state index is -0.618. The molecular weight excluding hydrogens is 364 g/mol. The van der Waals surface area contributed by atoms with Crippen molar-refractivity contribution in [3.05, 3.63) is 77.6 Å². The van der Waals surface area contributed by atoms with Gasteiger partial charge in [-0.25, -0.2) is 4.68 Å². The fourth-order valence-electron chi connectivity index (χ4n) is 4.21. The lowest BCUT2D eigenvalue weighted by molar-refractivity contribution is -0.0990. The van der Waals surface area contributed by atoms with Crippen molar-refractivity contribution in [3.63, 3.8) is 0 Å². The van der Waals surface area contributed by atoms with E-state index in [1.807, 2.05) is 16.8 Å². The first-order chi connectivity index (χ1) is 14.3. The molecule has 1 saturated heterocycles. The Morgan fingerprint density at radius 2 is 1.86 bits per heavy atom. The first kappa shape index (κ1) is 19.7. The molecule has 1 unspecified atom stereocenters. The second kappa shape index (κ2) is 8.82. The summed E-state index contributed by atoms with van der Waals surface area (Å²) in [5, 5.41) is 19.7.